The molecule has 2 atom stereocenters. The fourth-order valence-corrected chi connectivity index (χ4v) is 6.93. The van der Waals surface area contributed by atoms with E-state index >= 15 is 4.39 Å². The minimum Gasteiger partial charge on any atom is -0.484 e. The van der Waals surface area contributed by atoms with Crippen LogP contribution in [-0.2, 0) is 19.0 Å². The number of hydrogen-bond acceptors (Lipinski definition) is 8. The van der Waals surface area contributed by atoms with Crippen molar-refractivity contribution in [2.45, 2.75) is 77.3 Å². The number of benzene rings is 2. The molecule has 0 N–H and O–H groups in total. The number of ether oxygens (including phenoxy) is 4. The van der Waals surface area contributed by atoms with Crippen LogP contribution in [0.25, 0.3) is 28.0 Å². The number of nitrogens with zero attached hydrogens (tertiary/aromatic N) is 4. The zero-order valence-electron chi connectivity index (χ0n) is 29.5. The minimum absolute atomic E-state index is 0.139. The number of rotatable bonds is 10. The van der Waals surface area contributed by atoms with Crippen LogP contribution < -0.4 is 9.64 Å². The quantitative estimate of drug-likeness (QED) is 0.122. The first-order valence-corrected chi connectivity index (χ1v) is 16.8. The van der Waals surface area contributed by atoms with Gasteiger partial charge >= 0.3 is 5.97 Å². The lowest BCUT2D eigenvalue weighted by Crippen LogP contribution is -2.45. The molecule has 2 aromatic heterocycles. The summed E-state index contributed by atoms with van der Waals surface area (Å²) < 4.78 is 55.4. The van der Waals surface area contributed by atoms with E-state index in [-0.39, 0.29) is 16.9 Å². The van der Waals surface area contributed by atoms with E-state index < -0.39 is 35.4 Å². The van der Waals surface area contributed by atoms with Crippen LogP contribution in [0.1, 0.15) is 76.0 Å². The van der Waals surface area contributed by atoms with E-state index in [4.69, 9.17) is 29.0 Å². The highest BCUT2D eigenvalue weighted by Crippen LogP contribution is 2.49. The summed E-state index contributed by atoms with van der Waals surface area (Å²) in [7, 11) is 1.34. The van der Waals surface area contributed by atoms with Gasteiger partial charge in [-0.15, -0.1) is 13.2 Å². The summed E-state index contributed by atoms with van der Waals surface area (Å²) in [6.07, 6.45) is 3.65. The standard InChI is InChI=1S/C39H44F2N4O5/c1-9-12-29-33-25(13-11-14-26(33)34-27(41)20-24(40)21-30(34)49-29)28-22-31-42-23(3)32(35(37(46)47-8)50-38(4,5)6)36(45(31)43-28)44-17-15-39(7,16-18-44)48-19-10-2/h9-11,13-14,20-22,29,35H,1-2,12,15-19H2,3-8H3/t29-,35+/m1/s1. The molecule has 11 heteroatoms. The molecule has 6 rings (SSSR count). The van der Waals surface area contributed by atoms with Crippen molar-refractivity contribution in [1.82, 2.24) is 14.6 Å². The smallest absolute Gasteiger partial charge is 0.339 e. The molecule has 0 unspecified atom stereocenters. The van der Waals surface area contributed by atoms with E-state index in [1.54, 1.807) is 16.7 Å². The van der Waals surface area contributed by atoms with E-state index in [0.717, 1.165) is 18.9 Å². The van der Waals surface area contributed by atoms with Gasteiger partial charge in [0.05, 0.1) is 41.7 Å². The van der Waals surface area contributed by atoms with Gasteiger partial charge < -0.3 is 23.8 Å². The van der Waals surface area contributed by atoms with Crippen molar-refractivity contribution in [3.05, 3.63) is 90.2 Å². The van der Waals surface area contributed by atoms with Crippen molar-refractivity contribution < 1.29 is 32.5 Å². The Kier molecular flexibility index (Phi) is 9.58. The molecule has 2 aliphatic rings. The molecular weight excluding hydrogens is 642 g/mol. The predicted molar refractivity (Wildman–Crippen MR) is 188 cm³/mol. The number of carbonyl (C=O) groups is 1. The number of methoxy groups -OCH3 is 1. The van der Waals surface area contributed by atoms with E-state index in [2.05, 4.69) is 25.0 Å². The third kappa shape index (κ3) is 6.64. The second-order valence-corrected chi connectivity index (χ2v) is 14.1. The van der Waals surface area contributed by atoms with E-state index in [1.807, 2.05) is 52.0 Å². The Morgan fingerprint density at radius 1 is 1.14 bits per heavy atom. The second kappa shape index (κ2) is 13.6. The van der Waals surface area contributed by atoms with Gasteiger partial charge in [-0.2, -0.15) is 9.61 Å². The lowest BCUT2D eigenvalue weighted by atomic mass is 9.86. The SMILES string of the molecule is C=CCOC1(C)CCN(c2c([C@H](OC(C)(C)C)C(=O)OC)c(C)nc3cc(-c4cccc5c4[C@@H](CC=C)Oc4cc(F)cc(F)c4-5)nn23)CC1. The molecule has 0 amide bonds. The minimum atomic E-state index is -1.08. The number of halogens is 2. The molecule has 0 radical (unpaired) electrons. The molecule has 4 aromatic rings. The molecule has 50 heavy (non-hydrogen) atoms. The van der Waals surface area contributed by atoms with Crippen LogP contribution in [-0.4, -0.2) is 58.6 Å². The van der Waals surface area contributed by atoms with Gasteiger partial charge in [0.25, 0.3) is 0 Å². The van der Waals surface area contributed by atoms with E-state index in [9.17, 15) is 9.18 Å². The van der Waals surface area contributed by atoms with Gasteiger partial charge in [-0.1, -0.05) is 30.4 Å². The van der Waals surface area contributed by atoms with Crippen molar-refractivity contribution in [3.63, 3.8) is 0 Å². The summed E-state index contributed by atoms with van der Waals surface area (Å²) in [4.78, 5) is 20.6. The number of carbonyl (C=O) groups excluding carboxylic acids is 1. The van der Waals surface area contributed by atoms with Gasteiger partial charge in [-0.05, 0) is 53.0 Å². The summed E-state index contributed by atoms with van der Waals surface area (Å²) in [6, 6.07) is 9.48. The van der Waals surface area contributed by atoms with Crippen molar-refractivity contribution in [2.75, 3.05) is 31.7 Å². The molecule has 264 valence electrons. The fraction of sp³-hybridized carbons (Fsp3) is 0.410. The maximum atomic E-state index is 15.3. The van der Waals surface area contributed by atoms with Crippen LogP contribution in [0.15, 0.2) is 61.7 Å². The Morgan fingerprint density at radius 3 is 2.52 bits per heavy atom. The number of anilines is 1. The van der Waals surface area contributed by atoms with E-state index in [1.165, 1.54) is 13.2 Å². The predicted octanol–water partition coefficient (Wildman–Crippen LogP) is 8.25. The summed E-state index contributed by atoms with van der Waals surface area (Å²) in [5, 5.41) is 5.13. The van der Waals surface area contributed by atoms with Crippen molar-refractivity contribution >= 4 is 17.4 Å². The molecule has 4 heterocycles. The highest BCUT2D eigenvalue weighted by molar-refractivity contribution is 5.84. The first-order valence-electron chi connectivity index (χ1n) is 16.8. The lowest BCUT2D eigenvalue weighted by molar-refractivity contribution is -0.164. The van der Waals surface area contributed by atoms with Gasteiger partial charge in [0.1, 0.15) is 29.3 Å². The van der Waals surface area contributed by atoms with E-state index in [0.29, 0.717) is 71.2 Å². The average molecular weight is 687 g/mol. The third-order valence-corrected chi connectivity index (χ3v) is 9.27. The lowest BCUT2D eigenvalue weighted by Gasteiger charge is -2.41. The topological polar surface area (TPSA) is 87.4 Å². The van der Waals surface area contributed by atoms with Crippen LogP contribution in [0.3, 0.4) is 0 Å². The normalized spacial score (nSPS) is 17.4. The van der Waals surface area contributed by atoms with Crippen molar-refractivity contribution in [3.8, 4) is 28.1 Å². The summed E-state index contributed by atoms with van der Waals surface area (Å²) in [5.74, 6) is -1.17. The van der Waals surface area contributed by atoms with Gasteiger partial charge in [0.2, 0.25) is 0 Å². The Labute approximate surface area is 291 Å². The molecule has 0 saturated carbocycles. The first kappa shape index (κ1) is 35.2. The Bertz CT molecular complexity index is 1960. The Balaban J connectivity index is 1.56. The van der Waals surface area contributed by atoms with Crippen LogP contribution in [0.2, 0.25) is 0 Å². The maximum absolute atomic E-state index is 15.3. The molecule has 9 nitrogen and oxygen atoms in total. The summed E-state index contributed by atoms with van der Waals surface area (Å²) >= 11 is 0. The Hall–Kier alpha value is -4.61. The zero-order valence-corrected chi connectivity index (χ0v) is 29.5. The molecule has 1 saturated heterocycles. The molecule has 2 aliphatic heterocycles. The summed E-state index contributed by atoms with van der Waals surface area (Å²) in [5.41, 5.74) is 3.44. The molecule has 1 fully saturated rings. The number of piperidine rings is 1. The van der Waals surface area contributed by atoms with Crippen molar-refractivity contribution in [2.24, 2.45) is 0 Å². The van der Waals surface area contributed by atoms with Crippen LogP contribution in [0, 0.1) is 18.6 Å². The molecular formula is C39H44F2N4O5. The molecule has 0 aliphatic carbocycles. The number of aromatic nitrogens is 3. The molecule has 2 aromatic carbocycles. The molecule has 0 bridgehead atoms. The van der Waals surface area contributed by atoms with Gasteiger partial charge in [0.15, 0.2) is 11.8 Å². The zero-order chi connectivity index (χ0) is 36.0. The number of esters is 1. The van der Waals surface area contributed by atoms with Gasteiger partial charge in [-0.3, -0.25) is 0 Å². The number of fused-ring (bicyclic) bond motifs is 4. The number of hydrogen-bond donors (Lipinski definition) is 0. The second-order valence-electron chi connectivity index (χ2n) is 14.1. The monoisotopic (exact) mass is 686 g/mol. The van der Waals surface area contributed by atoms with Crippen molar-refractivity contribution in [1.29, 1.82) is 0 Å². The maximum Gasteiger partial charge on any atom is 0.339 e. The third-order valence-electron chi connectivity index (χ3n) is 9.27. The first-order chi connectivity index (χ1) is 23.8. The number of aryl methyl sites for hydroxylation is 1. The average Bonchev–Trinajstić information content (AvgIpc) is 3.48. The van der Waals surface area contributed by atoms with Gasteiger partial charge in [0, 0.05) is 54.5 Å². The largest absolute Gasteiger partial charge is 0.484 e. The molecule has 0 spiro atoms. The van der Waals surface area contributed by atoms with Crippen LogP contribution >= 0.6 is 0 Å². The fourth-order valence-electron chi connectivity index (χ4n) is 6.93. The highest BCUT2D eigenvalue weighted by atomic mass is 19.1. The van der Waals surface area contributed by atoms with Gasteiger partial charge in [-0.25, -0.2) is 18.6 Å². The van der Waals surface area contributed by atoms with Crippen LogP contribution in [0.5, 0.6) is 5.75 Å². The van der Waals surface area contributed by atoms with Crippen LogP contribution in [0.4, 0.5) is 14.6 Å². The Morgan fingerprint density at radius 2 is 1.86 bits per heavy atom. The highest BCUT2D eigenvalue weighted by Gasteiger charge is 2.39. The summed E-state index contributed by atoms with van der Waals surface area (Å²) in [6.45, 7) is 19.0.